The molecule has 3 heterocycles. The monoisotopic (exact) mass is 445 g/mol. The zero-order valence-electron chi connectivity index (χ0n) is 18.2. The second kappa shape index (κ2) is 9.12. The molecule has 0 unspecified atom stereocenters. The maximum atomic E-state index is 12.4. The lowest BCUT2D eigenvalue weighted by molar-refractivity contribution is -0.121. The minimum absolute atomic E-state index is 0.144. The summed E-state index contributed by atoms with van der Waals surface area (Å²) in [6, 6.07) is 20.6. The summed E-state index contributed by atoms with van der Waals surface area (Å²) in [6.07, 6.45) is 3.21. The fourth-order valence-corrected chi connectivity index (χ4v) is 5.26. The average molecular weight is 446 g/mol. The van der Waals surface area contributed by atoms with Crippen molar-refractivity contribution < 1.29 is 4.79 Å². The SMILES string of the molecule is Cc1nn(-c2ccccc2)c2nc(N3CCC(NC(=O)CCc4ccccc4)CC3)sc12. The molecule has 2 aromatic carbocycles. The Labute approximate surface area is 191 Å². The quantitative estimate of drug-likeness (QED) is 0.474. The normalized spacial score (nSPS) is 14.7. The Kier molecular flexibility index (Phi) is 5.90. The number of para-hydroxylation sites is 1. The van der Waals surface area contributed by atoms with Crippen LogP contribution in [-0.4, -0.2) is 39.8 Å². The summed E-state index contributed by atoms with van der Waals surface area (Å²) in [7, 11) is 0. The maximum absolute atomic E-state index is 12.4. The third-order valence-corrected chi connectivity index (χ3v) is 7.21. The van der Waals surface area contributed by atoms with E-state index in [0.29, 0.717) is 6.42 Å². The number of rotatable bonds is 6. The number of fused-ring (bicyclic) bond motifs is 1. The van der Waals surface area contributed by atoms with Crippen molar-refractivity contribution in [3.8, 4) is 5.69 Å². The van der Waals surface area contributed by atoms with Crippen molar-refractivity contribution >= 4 is 32.7 Å². The molecular formula is C25H27N5OS. The van der Waals surface area contributed by atoms with Crippen LogP contribution in [-0.2, 0) is 11.2 Å². The van der Waals surface area contributed by atoms with Crippen LogP contribution in [0.1, 0.15) is 30.5 Å². The number of thiazole rings is 1. The summed E-state index contributed by atoms with van der Waals surface area (Å²) in [5.41, 5.74) is 4.16. The molecule has 0 atom stereocenters. The van der Waals surface area contributed by atoms with Crippen LogP contribution in [0, 0.1) is 6.92 Å². The molecule has 2 aromatic heterocycles. The third kappa shape index (κ3) is 4.39. The summed E-state index contributed by atoms with van der Waals surface area (Å²) in [4.78, 5) is 19.7. The Morgan fingerprint density at radius 3 is 2.47 bits per heavy atom. The van der Waals surface area contributed by atoms with Crippen molar-refractivity contribution in [1.82, 2.24) is 20.1 Å². The van der Waals surface area contributed by atoms with E-state index in [1.807, 2.05) is 48.0 Å². The van der Waals surface area contributed by atoms with Gasteiger partial charge < -0.3 is 10.2 Å². The fourth-order valence-electron chi connectivity index (χ4n) is 4.23. The van der Waals surface area contributed by atoms with Gasteiger partial charge in [-0.15, -0.1) is 0 Å². The average Bonchev–Trinajstić information content (AvgIpc) is 3.40. The Hall–Kier alpha value is -3.19. The number of aryl methyl sites for hydroxylation is 2. The molecule has 1 aliphatic rings. The molecule has 0 radical (unpaired) electrons. The Morgan fingerprint density at radius 2 is 1.75 bits per heavy atom. The highest BCUT2D eigenvalue weighted by molar-refractivity contribution is 7.22. The number of piperidine rings is 1. The molecule has 32 heavy (non-hydrogen) atoms. The number of hydrogen-bond donors (Lipinski definition) is 1. The zero-order chi connectivity index (χ0) is 21.9. The van der Waals surface area contributed by atoms with Gasteiger partial charge in [-0.1, -0.05) is 59.9 Å². The number of hydrogen-bond acceptors (Lipinski definition) is 5. The molecule has 164 valence electrons. The highest BCUT2D eigenvalue weighted by Crippen LogP contribution is 2.33. The number of carbonyl (C=O) groups is 1. The molecule has 1 aliphatic heterocycles. The molecule has 6 nitrogen and oxygen atoms in total. The molecule has 1 amide bonds. The second-order valence-electron chi connectivity index (χ2n) is 8.30. The maximum Gasteiger partial charge on any atom is 0.220 e. The van der Waals surface area contributed by atoms with Crippen LogP contribution in [0.3, 0.4) is 0 Å². The first-order valence-corrected chi connectivity index (χ1v) is 12.0. The lowest BCUT2D eigenvalue weighted by Gasteiger charge is -2.32. The number of nitrogens with one attached hydrogen (secondary N) is 1. The highest BCUT2D eigenvalue weighted by Gasteiger charge is 2.24. The van der Waals surface area contributed by atoms with Gasteiger partial charge in [-0.25, -0.2) is 4.68 Å². The molecule has 0 bridgehead atoms. The topological polar surface area (TPSA) is 63.1 Å². The molecular weight excluding hydrogens is 418 g/mol. The lowest BCUT2D eigenvalue weighted by atomic mass is 10.0. The number of amides is 1. The standard InChI is InChI=1S/C25H27N5OS/c1-18-23-24(30(28-18)21-10-6-3-7-11-21)27-25(32-23)29-16-14-20(15-17-29)26-22(31)13-12-19-8-4-2-5-9-19/h2-11,20H,12-17H2,1H3,(H,26,31). The molecule has 1 N–H and O–H groups in total. The number of nitrogens with zero attached hydrogens (tertiary/aromatic N) is 4. The summed E-state index contributed by atoms with van der Waals surface area (Å²) in [6.45, 7) is 3.84. The third-order valence-electron chi connectivity index (χ3n) is 5.99. The minimum atomic E-state index is 0.144. The molecule has 0 saturated carbocycles. The van der Waals surface area contributed by atoms with Crippen LogP contribution < -0.4 is 10.2 Å². The Balaban J connectivity index is 1.19. The van der Waals surface area contributed by atoms with Gasteiger partial charge in [-0.2, -0.15) is 10.1 Å². The predicted molar refractivity (Wildman–Crippen MR) is 130 cm³/mol. The van der Waals surface area contributed by atoms with E-state index in [1.54, 1.807) is 11.3 Å². The number of benzene rings is 2. The van der Waals surface area contributed by atoms with Crippen molar-refractivity contribution in [2.75, 3.05) is 18.0 Å². The van der Waals surface area contributed by atoms with Crippen LogP contribution >= 0.6 is 11.3 Å². The van der Waals surface area contributed by atoms with Crippen molar-refractivity contribution in [2.45, 2.75) is 38.6 Å². The van der Waals surface area contributed by atoms with Gasteiger partial charge in [0.2, 0.25) is 5.91 Å². The zero-order valence-corrected chi connectivity index (χ0v) is 19.0. The molecule has 0 aliphatic carbocycles. The second-order valence-corrected chi connectivity index (χ2v) is 9.27. The first-order chi connectivity index (χ1) is 15.7. The summed E-state index contributed by atoms with van der Waals surface area (Å²) >= 11 is 1.71. The van der Waals surface area contributed by atoms with E-state index < -0.39 is 0 Å². The van der Waals surface area contributed by atoms with E-state index in [2.05, 4.69) is 39.6 Å². The van der Waals surface area contributed by atoms with Gasteiger partial charge in [-0.3, -0.25) is 4.79 Å². The van der Waals surface area contributed by atoms with Crippen LogP contribution in [0.25, 0.3) is 16.0 Å². The Morgan fingerprint density at radius 1 is 1.06 bits per heavy atom. The lowest BCUT2D eigenvalue weighted by Crippen LogP contribution is -2.44. The Bertz CT molecular complexity index is 1190. The molecule has 5 rings (SSSR count). The van der Waals surface area contributed by atoms with Crippen molar-refractivity contribution in [3.63, 3.8) is 0 Å². The minimum Gasteiger partial charge on any atom is -0.353 e. The fraction of sp³-hybridized carbons (Fsp3) is 0.320. The van der Waals surface area contributed by atoms with Gasteiger partial charge in [0.25, 0.3) is 0 Å². The van der Waals surface area contributed by atoms with Gasteiger partial charge >= 0.3 is 0 Å². The van der Waals surface area contributed by atoms with Crippen molar-refractivity contribution in [2.24, 2.45) is 0 Å². The van der Waals surface area contributed by atoms with E-state index in [0.717, 1.165) is 59.2 Å². The molecule has 1 saturated heterocycles. The van der Waals surface area contributed by atoms with Crippen LogP contribution in [0.4, 0.5) is 5.13 Å². The largest absolute Gasteiger partial charge is 0.353 e. The molecule has 4 aromatic rings. The van der Waals surface area contributed by atoms with E-state index in [-0.39, 0.29) is 11.9 Å². The van der Waals surface area contributed by atoms with Gasteiger partial charge in [-0.05, 0) is 43.9 Å². The van der Waals surface area contributed by atoms with Crippen LogP contribution in [0.2, 0.25) is 0 Å². The van der Waals surface area contributed by atoms with Crippen molar-refractivity contribution in [3.05, 3.63) is 71.9 Å². The first kappa shape index (κ1) is 20.7. The van der Waals surface area contributed by atoms with Crippen molar-refractivity contribution in [1.29, 1.82) is 0 Å². The van der Waals surface area contributed by atoms with Crippen LogP contribution in [0.15, 0.2) is 60.7 Å². The summed E-state index contributed by atoms with van der Waals surface area (Å²) < 4.78 is 3.07. The number of anilines is 1. The van der Waals surface area contributed by atoms with Crippen LogP contribution in [0.5, 0.6) is 0 Å². The van der Waals surface area contributed by atoms with Gasteiger partial charge in [0, 0.05) is 25.6 Å². The molecule has 7 heteroatoms. The number of aromatic nitrogens is 3. The van der Waals surface area contributed by atoms with Gasteiger partial charge in [0.15, 0.2) is 10.8 Å². The van der Waals surface area contributed by atoms with E-state index >= 15 is 0 Å². The predicted octanol–water partition coefficient (Wildman–Crippen LogP) is 4.51. The molecule has 1 fully saturated rings. The van der Waals surface area contributed by atoms with Gasteiger partial charge in [0.05, 0.1) is 16.1 Å². The molecule has 0 spiro atoms. The first-order valence-electron chi connectivity index (χ1n) is 11.2. The number of carbonyl (C=O) groups excluding carboxylic acids is 1. The van der Waals surface area contributed by atoms with E-state index in [1.165, 1.54) is 5.56 Å². The van der Waals surface area contributed by atoms with Gasteiger partial charge in [0.1, 0.15) is 0 Å². The summed E-state index contributed by atoms with van der Waals surface area (Å²) in [5, 5.41) is 8.96. The van der Waals surface area contributed by atoms with E-state index in [4.69, 9.17) is 4.98 Å². The highest BCUT2D eigenvalue weighted by atomic mass is 32.1. The summed E-state index contributed by atoms with van der Waals surface area (Å²) in [5.74, 6) is 0.144. The smallest absolute Gasteiger partial charge is 0.220 e. The van der Waals surface area contributed by atoms with E-state index in [9.17, 15) is 4.79 Å².